The van der Waals surface area contributed by atoms with E-state index >= 15 is 0 Å². The van der Waals surface area contributed by atoms with Gasteiger partial charge < -0.3 is 5.11 Å². The number of halogens is 1. The van der Waals surface area contributed by atoms with Crippen LogP contribution < -0.4 is 0 Å². The van der Waals surface area contributed by atoms with Gasteiger partial charge in [-0.2, -0.15) is 0 Å². The highest BCUT2D eigenvalue weighted by Gasteiger charge is 2.34. The third kappa shape index (κ3) is 2.66. The molecule has 2 unspecified atom stereocenters. The normalized spacial score (nSPS) is 31.3. The van der Waals surface area contributed by atoms with Crippen molar-refractivity contribution in [2.45, 2.75) is 51.0 Å². The average Bonchev–Trinajstić information content (AvgIpc) is 2.61. The van der Waals surface area contributed by atoms with Gasteiger partial charge in [0.25, 0.3) is 0 Å². The Kier molecular flexibility index (Phi) is 4.03. The second-order valence-corrected chi connectivity index (χ2v) is 6.38. The van der Waals surface area contributed by atoms with Gasteiger partial charge in [-0.25, -0.2) is 4.98 Å². The molecule has 0 saturated heterocycles. The Balaban J connectivity index is 2.13. The topological polar surface area (TPSA) is 33.1 Å². The molecule has 1 aliphatic carbocycles. The largest absolute Gasteiger partial charge is 0.383 e. The second kappa shape index (κ2) is 5.15. The van der Waals surface area contributed by atoms with E-state index < -0.39 is 5.60 Å². The van der Waals surface area contributed by atoms with Crippen molar-refractivity contribution in [2.75, 3.05) is 0 Å². The first-order valence-electron chi connectivity index (χ1n) is 5.98. The van der Waals surface area contributed by atoms with Gasteiger partial charge >= 0.3 is 0 Å². The molecule has 0 spiro atoms. The molecule has 2 rings (SSSR count). The predicted octanol–water partition coefficient (Wildman–Crippen LogP) is 4.08. The van der Waals surface area contributed by atoms with Gasteiger partial charge in [0.15, 0.2) is 0 Å². The molecule has 1 N–H and O–H groups in total. The molecule has 1 saturated carbocycles. The van der Waals surface area contributed by atoms with Crippen molar-refractivity contribution in [3.05, 3.63) is 15.0 Å². The minimum absolute atomic E-state index is 0.666. The zero-order valence-electron chi connectivity index (χ0n) is 9.58. The maximum Gasteiger partial charge on any atom is 0.126 e. The Morgan fingerprint density at radius 1 is 1.56 bits per heavy atom. The zero-order valence-corrected chi connectivity index (χ0v) is 12.0. The standard InChI is InChI=1S/C12H18BrNOS/c1-2-9-4-3-6-12(15,7-5-9)11-14-10(13)8-16-11/h8-9,15H,2-7H2,1H3. The van der Waals surface area contributed by atoms with Crippen molar-refractivity contribution in [1.82, 2.24) is 4.98 Å². The minimum Gasteiger partial charge on any atom is -0.383 e. The maximum atomic E-state index is 10.7. The van der Waals surface area contributed by atoms with Gasteiger partial charge in [0.1, 0.15) is 15.2 Å². The first kappa shape index (κ1) is 12.5. The van der Waals surface area contributed by atoms with Crippen LogP contribution in [0.1, 0.15) is 50.5 Å². The van der Waals surface area contributed by atoms with E-state index in [9.17, 15) is 5.11 Å². The van der Waals surface area contributed by atoms with E-state index in [0.717, 1.165) is 41.2 Å². The smallest absolute Gasteiger partial charge is 0.126 e. The molecule has 0 bridgehead atoms. The highest BCUT2D eigenvalue weighted by Crippen LogP contribution is 2.40. The quantitative estimate of drug-likeness (QED) is 0.835. The van der Waals surface area contributed by atoms with Gasteiger partial charge in [-0.3, -0.25) is 0 Å². The van der Waals surface area contributed by atoms with E-state index in [0.29, 0.717) is 0 Å². The molecule has 2 nitrogen and oxygen atoms in total. The molecular weight excluding hydrogens is 286 g/mol. The van der Waals surface area contributed by atoms with E-state index in [1.165, 1.54) is 12.8 Å². The first-order chi connectivity index (χ1) is 7.64. The van der Waals surface area contributed by atoms with Crippen LogP contribution >= 0.6 is 27.3 Å². The number of aliphatic hydroxyl groups is 1. The van der Waals surface area contributed by atoms with Crippen LogP contribution in [-0.4, -0.2) is 10.1 Å². The van der Waals surface area contributed by atoms with E-state index in [1.54, 1.807) is 11.3 Å². The van der Waals surface area contributed by atoms with Crippen LogP contribution in [-0.2, 0) is 5.60 Å². The molecule has 0 aliphatic heterocycles. The molecule has 0 radical (unpaired) electrons. The lowest BCUT2D eigenvalue weighted by atomic mass is 9.93. The molecule has 0 aromatic carbocycles. The molecule has 1 aromatic rings. The number of thiazole rings is 1. The van der Waals surface area contributed by atoms with Crippen LogP contribution in [0.25, 0.3) is 0 Å². The predicted molar refractivity (Wildman–Crippen MR) is 70.6 cm³/mol. The van der Waals surface area contributed by atoms with Crippen molar-refractivity contribution >= 4 is 27.3 Å². The van der Waals surface area contributed by atoms with E-state index in [-0.39, 0.29) is 0 Å². The third-order valence-corrected chi connectivity index (χ3v) is 5.37. The van der Waals surface area contributed by atoms with Crippen molar-refractivity contribution in [3.8, 4) is 0 Å². The molecule has 0 amide bonds. The van der Waals surface area contributed by atoms with E-state index in [1.807, 2.05) is 5.38 Å². The van der Waals surface area contributed by atoms with E-state index in [4.69, 9.17) is 0 Å². The molecule has 1 aromatic heterocycles. The van der Waals surface area contributed by atoms with Crippen LogP contribution in [0.15, 0.2) is 9.98 Å². The Hall–Kier alpha value is 0.0700. The zero-order chi connectivity index (χ0) is 11.6. The van der Waals surface area contributed by atoms with Gasteiger partial charge in [-0.15, -0.1) is 11.3 Å². The molecular formula is C12H18BrNOS. The van der Waals surface area contributed by atoms with Crippen LogP contribution in [0.3, 0.4) is 0 Å². The summed E-state index contributed by atoms with van der Waals surface area (Å²) in [6, 6.07) is 0. The van der Waals surface area contributed by atoms with E-state index in [2.05, 4.69) is 27.8 Å². The van der Waals surface area contributed by atoms with Gasteiger partial charge in [0, 0.05) is 5.38 Å². The lowest BCUT2D eigenvalue weighted by Gasteiger charge is -2.24. The fourth-order valence-corrected chi connectivity index (χ4v) is 3.90. The summed E-state index contributed by atoms with van der Waals surface area (Å²) >= 11 is 4.92. The summed E-state index contributed by atoms with van der Waals surface area (Å²) in [7, 11) is 0. The SMILES string of the molecule is CCC1CCCC(O)(c2nc(Br)cs2)CC1. The maximum absolute atomic E-state index is 10.7. The Morgan fingerprint density at radius 3 is 3.00 bits per heavy atom. The Bertz CT molecular complexity index is 355. The Morgan fingerprint density at radius 2 is 2.38 bits per heavy atom. The molecule has 90 valence electrons. The summed E-state index contributed by atoms with van der Waals surface area (Å²) in [5.41, 5.74) is -0.666. The van der Waals surface area contributed by atoms with Crippen LogP contribution in [0.2, 0.25) is 0 Å². The van der Waals surface area contributed by atoms with Crippen molar-refractivity contribution < 1.29 is 5.11 Å². The summed E-state index contributed by atoms with van der Waals surface area (Å²) in [6.07, 6.45) is 6.47. The molecule has 2 atom stereocenters. The summed E-state index contributed by atoms with van der Waals surface area (Å²) in [5, 5.41) is 13.5. The van der Waals surface area contributed by atoms with Crippen molar-refractivity contribution in [3.63, 3.8) is 0 Å². The summed E-state index contributed by atoms with van der Waals surface area (Å²) < 4.78 is 0.845. The average molecular weight is 304 g/mol. The van der Waals surface area contributed by atoms with Gasteiger partial charge in [0.2, 0.25) is 0 Å². The monoisotopic (exact) mass is 303 g/mol. The minimum atomic E-state index is -0.666. The number of nitrogens with zero attached hydrogens (tertiary/aromatic N) is 1. The molecule has 1 heterocycles. The second-order valence-electron chi connectivity index (χ2n) is 4.71. The molecule has 1 aliphatic rings. The number of hydrogen-bond donors (Lipinski definition) is 1. The van der Waals surface area contributed by atoms with Crippen LogP contribution in [0, 0.1) is 5.92 Å². The lowest BCUT2D eigenvalue weighted by Crippen LogP contribution is -2.24. The van der Waals surface area contributed by atoms with Gasteiger partial charge in [0.05, 0.1) is 0 Å². The van der Waals surface area contributed by atoms with Crippen LogP contribution in [0.5, 0.6) is 0 Å². The highest BCUT2D eigenvalue weighted by atomic mass is 79.9. The fourth-order valence-electron chi connectivity index (χ4n) is 2.49. The summed E-state index contributed by atoms with van der Waals surface area (Å²) in [5.74, 6) is 0.789. The van der Waals surface area contributed by atoms with Crippen LogP contribution in [0.4, 0.5) is 0 Å². The van der Waals surface area contributed by atoms with Gasteiger partial charge in [-0.05, 0) is 47.5 Å². The first-order valence-corrected chi connectivity index (χ1v) is 7.65. The number of aromatic nitrogens is 1. The summed E-state index contributed by atoms with van der Waals surface area (Å²) in [6.45, 7) is 2.25. The number of hydrogen-bond acceptors (Lipinski definition) is 3. The highest BCUT2D eigenvalue weighted by molar-refractivity contribution is 9.10. The van der Waals surface area contributed by atoms with Gasteiger partial charge in [-0.1, -0.05) is 19.8 Å². The Labute approximate surface area is 109 Å². The number of rotatable bonds is 2. The van der Waals surface area contributed by atoms with Crippen molar-refractivity contribution in [1.29, 1.82) is 0 Å². The molecule has 16 heavy (non-hydrogen) atoms. The summed E-state index contributed by atoms with van der Waals surface area (Å²) in [4.78, 5) is 4.38. The molecule has 4 heteroatoms. The lowest BCUT2D eigenvalue weighted by molar-refractivity contribution is 0.0193. The third-order valence-electron chi connectivity index (χ3n) is 3.62. The molecule has 1 fully saturated rings. The fraction of sp³-hybridized carbons (Fsp3) is 0.750. The van der Waals surface area contributed by atoms with Crippen molar-refractivity contribution in [2.24, 2.45) is 5.92 Å².